The highest BCUT2D eigenvalue weighted by molar-refractivity contribution is 6.27. The molecule has 4 nitrogen and oxygen atoms in total. The molecule has 1 N–H and O–H groups in total. The molecule has 1 atom stereocenters. The van der Waals surface area contributed by atoms with Crippen molar-refractivity contribution in [1.29, 1.82) is 0 Å². The second-order valence-corrected chi connectivity index (χ2v) is 4.09. The summed E-state index contributed by atoms with van der Waals surface area (Å²) in [5, 5.41) is 2.89. The highest BCUT2D eigenvalue weighted by atomic mass is 35.5. The minimum Gasteiger partial charge on any atom is -0.354 e. The van der Waals surface area contributed by atoms with Gasteiger partial charge in [0, 0.05) is 25.3 Å². The Morgan fingerprint density at radius 1 is 1.62 bits per heavy atom. The molecule has 1 aliphatic rings. The van der Waals surface area contributed by atoms with E-state index in [9.17, 15) is 4.79 Å². The number of carbonyl (C=O) groups is 1. The molecule has 1 aliphatic heterocycles. The van der Waals surface area contributed by atoms with E-state index in [-0.39, 0.29) is 17.8 Å². The third-order valence-corrected chi connectivity index (χ3v) is 2.89. The fourth-order valence-electron chi connectivity index (χ4n) is 1.89. The summed E-state index contributed by atoms with van der Waals surface area (Å²) in [6, 6.07) is 6.03. The van der Waals surface area contributed by atoms with Crippen LogP contribution in [0.15, 0.2) is 24.4 Å². The van der Waals surface area contributed by atoms with Gasteiger partial charge in [-0.25, -0.2) is 4.98 Å². The highest BCUT2D eigenvalue weighted by Gasteiger charge is 2.24. The van der Waals surface area contributed by atoms with Crippen molar-refractivity contribution in [2.24, 2.45) is 0 Å². The smallest absolute Gasteiger partial charge is 0.235 e. The molecule has 2 rings (SSSR count). The first-order chi connectivity index (χ1) is 7.79. The van der Waals surface area contributed by atoms with Crippen LogP contribution in [0.1, 0.15) is 6.42 Å². The first-order valence-electron chi connectivity index (χ1n) is 5.31. The molecule has 1 saturated heterocycles. The van der Waals surface area contributed by atoms with Crippen LogP contribution in [-0.2, 0) is 4.79 Å². The van der Waals surface area contributed by atoms with Gasteiger partial charge in [-0.2, -0.15) is 0 Å². The molecule has 5 heteroatoms. The standard InChI is InChI=1S/C11H14ClN3O/c12-7-11(16)14-9-4-6-15(8-9)10-3-1-2-5-13-10/h1-3,5,9H,4,6-8H2,(H,14,16)/t9-/m0/s1. The third kappa shape index (κ3) is 2.64. The summed E-state index contributed by atoms with van der Waals surface area (Å²) in [5.41, 5.74) is 0. The molecule has 16 heavy (non-hydrogen) atoms. The molecule has 86 valence electrons. The first kappa shape index (κ1) is 11.2. The molecule has 0 saturated carbocycles. The van der Waals surface area contributed by atoms with Gasteiger partial charge < -0.3 is 10.2 Å². The second kappa shape index (κ2) is 5.16. The van der Waals surface area contributed by atoms with E-state index in [1.807, 2.05) is 18.2 Å². The predicted octanol–water partition coefficient (Wildman–Crippen LogP) is 1.02. The second-order valence-electron chi connectivity index (χ2n) is 3.82. The van der Waals surface area contributed by atoms with E-state index in [2.05, 4.69) is 15.2 Å². The maximum absolute atomic E-state index is 11.1. The Balaban J connectivity index is 1.91. The number of rotatable bonds is 3. The van der Waals surface area contributed by atoms with Gasteiger partial charge in [0.05, 0.1) is 0 Å². The average molecular weight is 240 g/mol. The van der Waals surface area contributed by atoms with Crippen molar-refractivity contribution in [2.45, 2.75) is 12.5 Å². The van der Waals surface area contributed by atoms with Gasteiger partial charge in [0.25, 0.3) is 0 Å². The molecule has 1 fully saturated rings. The number of halogens is 1. The van der Waals surface area contributed by atoms with Crippen LogP contribution >= 0.6 is 11.6 Å². The van der Waals surface area contributed by atoms with Crippen LogP contribution in [0.2, 0.25) is 0 Å². The van der Waals surface area contributed by atoms with Gasteiger partial charge in [-0.05, 0) is 18.6 Å². The number of carbonyl (C=O) groups excluding carboxylic acids is 1. The Bertz CT molecular complexity index is 358. The number of hydrogen-bond acceptors (Lipinski definition) is 3. The van der Waals surface area contributed by atoms with Gasteiger partial charge in [0.2, 0.25) is 5.91 Å². The van der Waals surface area contributed by atoms with Crippen molar-refractivity contribution in [2.75, 3.05) is 23.9 Å². The Hall–Kier alpha value is -1.29. The Kier molecular flexibility index (Phi) is 3.62. The average Bonchev–Trinajstić information content (AvgIpc) is 2.78. The molecular formula is C11H14ClN3O. The Labute approximate surface area is 99.6 Å². The van der Waals surface area contributed by atoms with Crippen LogP contribution < -0.4 is 10.2 Å². The fraction of sp³-hybridized carbons (Fsp3) is 0.455. The van der Waals surface area contributed by atoms with Gasteiger partial charge in [-0.15, -0.1) is 11.6 Å². The number of alkyl halides is 1. The maximum Gasteiger partial charge on any atom is 0.235 e. The van der Waals surface area contributed by atoms with Crippen molar-refractivity contribution in [3.8, 4) is 0 Å². The molecule has 0 spiro atoms. The lowest BCUT2D eigenvalue weighted by Crippen LogP contribution is -2.37. The summed E-state index contributed by atoms with van der Waals surface area (Å²) in [6.45, 7) is 1.73. The van der Waals surface area contributed by atoms with Crippen molar-refractivity contribution >= 4 is 23.3 Å². The first-order valence-corrected chi connectivity index (χ1v) is 5.84. The van der Waals surface area contributed by atoms with Crippen LogP contribution in [0.5, 0.6) is 0 Å². The van der Waals surface area contributed by atoms with E-state index in [4.69, 9.17) is 11.6 Å². The van der Waals surface area contributed by atoms with Crippen LogP contribution in [0.3, 0.4) is 0 Å². The number of nitrogens with one attached hydrogen (secondary N) is 1. The molecule has 0 bridgehead atoms. The summed E-state index contributed by atoms with van der Waals surface area (Å²) >= 11 is 5.45. The lowest BCUT2D eigenvalue weighted by Gasteiger charge is -2.17. The minimum absolute atomic E-state index is 0.0279. The van der Waals surface area contributed by atoms with Crippen molar-refractivity contribution in [3.63, 3.8) is 0 Å². The van der Waals surface area contributed by atoms with E-state index >= 15 is 0 Å². The molecule has 0 unspecified atom stereocenters. The molecule has 1 aromatic rings. The number of aromatic nitrogens is 1. The van der Waals surface area contributed by atoms with E-state index in [0.29, 0.717) is 0 Å². The van der Waals surface area contributed by atoms with Gasteiger partial charge in [0.1, 0.15) is 11.7 Å². The SMILES string of the molecule is O=C(CCl)N[C@H]1CCN(c2ccccn2)C1. The van der Waals surface area contributed by atoms with Gasteiger partial charge in [0.15, 0.2) is 0 Å². The molecule has 1 aromatic heterocycles. The monoisotopic (exact) mass is 239 g/mol. The van der Waals surface area contributed by atoms with E-state index < -0.39 is 0 Å². The third-order valence-electron chi connectivity index (χ3n) is 2.65. The topological polar surface area (TPSA) is 45.2 Å². The summed E-state index contributed by atoms with van der Waals surface area (Å²) in [6.07, 6.45) is 2.72. The van der Waals surface area contributed by atoms with Crippen LogP contribution in [-0.4, -0.2) is 35.9 Å². The maximum atomic E-state index is 11.1. The molecule has 0 aliphatic carbocycles. The number of anilines is 1. The number of nitrogens with zero attached hydrogens (tertiary/aromatic N) is 2. The Morgan fingerprint density at radius 2 is 2.50 bits per heavy atom. The van der Waals surface area contributed by atoms with E-state index in [1.165, 1.54) is 0 Å². The largest absolute Gasteiger partial charge is 0.354 e. The zero-order valence-electron chi connectivity index (χ0n) is 8.90. The lowest BCUT2D eigenvalue weighted by molar-refractivity contribution is -0.119. The number of pyridine rings is 1. The van der Waals surface area contributed by atoms with Gasteiger partial charge >= 0.3 is 0 Å². The van der Waals surface area contributed by atoms with Gasteiger partial charge in [-0.1, -0.05) is 6.07 Å². The minimum atomic E-state index is -0.102. The van der Waals surface area contributed by atoms with E-state index in [0.717, 1.165) is 25.3 Å². The van der Waals surface area contributed by atoms with Crippen LogP contribution in [0.4, 0.5) is 5.82 Å². The van der Waals surface area contributed by atoms with E-state index in [1.54, 1.807) is 6.20 Å². The number of amides is 1. The van der Waals surface area contributed by atoms with Crippen molar-refractivity contribution in [1.82, 2.24) is 10.3 Å². The Morgan fingerprint density at radius 3 is 3.19 bits per heavy atom. The fourth-order valence-corrected chi connectivity index (χ4v) is 1.97. The van der Waals surface area contributed by atoms with Gasteiger partial charge in [-0.3, -0.25) is 4.79 Å². The quantitative estimate of drug-likeness (QED) is 0.801. The van der Waals surface area contributed by atoms with Crippen molar-refractivity contribution in [3.05, 3.63) is 24.4 Å². The van der Waals surface area contributed by atoms with Crippen LogP contribution in [0.25, 0.3) is 0 Å². The predicted molar refractivity (Wildman–Crippen MR) is 63.7 cm³/mol. The molecule has 1 amide bonds. The highest BCUT2D eigenvalue weighted by Crippen LogP contribution is 2.17. The lowest BCUT2D eigenvalue weighted by atomic mass is 10.2. The van der Waals surface area contributed by atoms with Crippen molar-refractivity contribution < 1.29 is 4.79 Å². The van der Waals surface area contributed by atoms with Crippen LogP contribution in [0, 0.1) is 0 Å². The summed E-state index contributed by atoms with van der Waals surface area (Å²) in [7, 11) is 0. The summed E-state index contributed by atoms with van der Waals surface area (Å²) in [5.74, 6) is 0.889. The summed E-state index contributed by atoms with van der Waals surface area (Å²) in [4.78, 5) is 17.6. The zero-order chi connectivity index (χ0) is 11.4. The molecule has 0 radical (unpaired) electrons. The molecular weight excluding hydrogens is 226 g/mol. The normalized spacial score (nSPS) is 19.8. The molecule has 2 heterocycles. The summed E-state index contributed by atoms with van der Waals surface area (Å²) < 4.78 is 0. The molecule has 0 aromatic carbocycles. The zero-order valence-corrected chi connectivity index (χ0v) is 9.65. The number of hydrogen-bond donors (Lipinski definition) is 1.